The molecule has 0 fully saturated rings. The molecule has 0 heterocycles. The summed E-state index contributed by atoms with van der Waals surface area (Å²) in [4.78, 5) is 3.85. The molecule has 0 radical (unpaired) electrons. The Kier molecular flexibility index (Phi) is 11.3. The first-order valence-corrected chi connectivity index (χ1v) is 7.24. The molecule has 0 aromatic carbocycles. The van der Waals surface area contributed by atoms with Crippen LogP contribution in [0.15, 0.2) is 4.99 Å². The van der Waals surface area contributed by atoms with E-state index in [1.165, 1.54) is 25.7 Å². The number of hydrogen-bond donors (Lipinski definition) is 0. The van der Waals surface area contributed by atoms with Gasteiger partial charge in [0, 0.05) is 6.54 Å². The lowest BCUT2D eigenvalue weighted by Crippen LogP contribution is -2.02. The van der Waals surface area contributed by atoms with Crippen LogP contribution in [0.25, 0.3) is 0 Å². The summed E-state index contributed by atoms with van der Waals surface area (Å²) < 4.78 is 10.7. The van der Waals surface area contributed by atoms with Crippen LogP contribution in [0.5, 0.6) is 0 Å². The monoisotopic (exact) mass is 233 g/mol. The van der Waals surface area contributed by atoms with Gasteiger partial charge in [0.2, 0.25) is 0 Å². The van der Waals surface area contributed by atoms with Crippen LogP contribution in [0.1, 0.15) is 38.5 Å². The first kappa shape index (κ1) is 14.1. The number of nitrogens with zero attached hydrogens (tertiary/aromatic N) is 1. The zero-order valence-electron chi connectivity index (χ0n) is 8.83. The third-order valence-electron chi connectivity index (χ3n) is 2.02. The van der Waals surface area contributed by atoms with Crippen molar-refractivity contribution in [3.63, 3.8) is 0 Å². The highest BCUT2D eigenvalue weighted by Crippen LogP contribution is 2.06. The SMILES string of the molecule is C[S+]([O-])CCCCCCCCN=C=S. The normalized spacial score (nSPS) is 12.1. The molecule has 0 amide bonds. The number of aliphatic imine (C=N–C) groups is 1. The predicted octanol–water partition coefficient (Wildman–Crippen LogP) is 2.81. The number of unbranched alkanes of at least 4 members (excludes halogenated alkanes) is 5. The molecule has 0 saturated heterocycles. The van der Waals surface area contributed by atoms with E-state index in [4.69, 9.17) is 0 Å². The van der Waals surface area contributed by atoms with Gasteiger partial charge in [-0.2, -0.15) is 0 Å². The van der Waals surface area contributed by atoms with Gasteiger partial charge in [0.25, 0.3) is 0 Å². The van der Waals surface area contributed by atoms with Crippen LogP contribution in [0.2, 0.25) is 0 Å². The Balaban J connectivity index is 2.95. The molecule has 0 aromatic heterocycles. The van der Waals surface area contributed by atoms with Crippen molar-refractivity contribution in [2.75, 3.05) is 18.6 Å². The molecule has 2 nitrogen and oxygen atoms in total. The number of isothiocyanates is 1. The van der Waals surface area contributed by atoms with Crippen molar-refractivity contribution in [1.29, 1.82) is 0 Å². The zero-order chi connectivity index (χ0) is 10.6. The Hall–Kier alpha value is 0.110. The summed E-state index contributed by atoms with van der Waals surface area (Å²) in [6.45, 7) is 0.822. The highest BCUT2D eigenvalue weighted by molar-refractivity contribution is 7.90. The van der Waals surface area contributed by atoms with Gasteiger partial charge >= 0.3 is 0 Å². The highest BCUT2D eigenvalue weighted by atomic mass is 32.2. The first-order valence-electron chi connectivity index (χ1n) is 5.11. The van der Waals surface area contributed by atoms with Gasteiger partial charge in [-0.15, -0.1) is 0 Å². The molecular weight excluding hydrogens is 214 g/mol. The molecule has 1 unspecified atom stereocenters. The topological polar surface area (TPSA) is 35.4 Å². The van der Waals surface area contributed by atoms with Crippen molar-refractivity contribution in [2.24, 2.45) is 4.99 Å². The van der Waals surface area contributed by atoms with Gasteiger partial charge in [-0.3, -0.25) is 0 Å². The van der Waals surface area contributed by atoms with Crippen molar-refractivity contribution in [1.82, 2.24) is 0 Å². The van der Waals surface area contributed by atoms with Crippen LogP contribution in [-0.2, 0) is 11.2 Å². The molecule has 0 N–H and O–H groups in total. The van der Waals surface area contributed by atoms with E-state index in [9.17, 15) is 4.55 Å². The van der Waals surface area contributed by atoms with E-state index < -0.39 is 11.2 Å². The molecule has 4 heteroatoms. The number of thiocarbonyl (C=S) groups is 1. The zero-order valence-corrected chi connectivity index (χ0v) is 10.5. The Labute approximate surface area is 95.4 Å². The number of hydrogen-bond acceptors (Lipinski definition) is 3. The van der Waals surface area contributed by atoms with Crippen LogP contribution in [-0.4, -0.2) is 28.3 Å². The van der Waals surface area contributed by atoms with E-state index in [0.29, 0.717) is 0 Å². The van der Waals surface area contributed by atoms with Gasteiger partial charge in [0.1, 0.15) is 5.75 Å². The van der Waals surface area contributed by atoms with E-state index in [-0.39, 0.29) is 0 Å². The van der Waals surface area contributed by atoms with Gasteiger partial charge in [0.05, 0.1) is 11.4 Å². The Bertz CT molecular complexity index is 168. The Morgan fingerprint density at radius 3 is 2.29 bits per heavy atom. The minimum absolute atomic E-state index is 0.612. The standard InChI is InChI=1S/C10H19NOS2/c1-14(12)9-7-5-3-2-4-6-8-11-10-13/h2-9H2,1H3. The summed E-state index contributed by atoms with van der Waals surface area (Å²) in [5, 5.41) is 2.37. The van der Waals surface area contributed by atoms with Crippen molar-refractivity contribution in [3.05, 3.63) is 0 Å². The molecule has 82 valence electrons. The minimum atomic E-state index is -0.612. The summed E-state index contributed by atoms with van der Waals surface area (Å²) in [6, 6.07) is 0. The maximum absolute atomic E-state index is 10.7. The molecule has 0 saturated carbocycles. The fraction of sp³-hybridized carbons (Fsp3) is 0.900. The summed E-state index contributed by atoms with van der Waals surface area (Å²) in [5.74, 6) is 0.856. The summed E-state index contributed by atoms with van der Waals surface area (Å²) >= 11 is 3.85. The molecule has 0 aliphatic carbocycles. The average Bonchev–Trinajstić information content (AvgIpc) is 2.15. The van der Waals surface area contributed by atoms with Crippen LogP contribution in [0, 0.1) is 0 Å². The fourth-order valence-electron chi connectivity index (χ4n) is 1.25. The van der Waals surface area contributed by atoms with E-state index in [0.717, 1.165) is 25.1 Å². The quantitative estimate of drug-likeness (QED) is 0.266. The molecule has 0 bridgehead atoms. The van der Waals surface area contributed by atoms with Gasteiger partial charge in [0.15, 0.2) is 0 Å². The lowest BCUT2D eigenvalue weighted by molar-refractivity contribution is 0.585. The molecule has 0 aliphatic heterocycles. The van der Waals surface area contributed by atoms with Crippen LogP contribution in [0.4, 0.5) is 0 Å². The van der Waals surface area contributed by atoms with Gasteiger partial charge in [-0.05, 0) is 31.5 Å². The van der Waals surface area contributed by atoms with Gasteiger partial charge in [-0.25, -0.2) is 4.99 Å². The first-order chi connectivity index (χ1) is 6.77. The van der Waals surface area contributed by atoms with Crippen molar-refractivity contribution >= 4 is 28.6 Å². The second kappa shape index (κ2) is 11.2. The van der Waals surface area contributed by atoms with E-state index in [1.807, 2.05) is 0 Å². The molecule has 1 atom stereocenters. The molecule has 14 heavy (non-hydrogen) atoms. The fourth-order valence-corrected chi connectivity index (χ4v) is 1.95. The lowest BCUT2D eigenvalue weighted by atomic mass is 10.1. The third kappa shape index (κ3) is 12.1. The molecule has 0 aromatic rings. The van der Waals surface area contributed by atoms with Crippen molar-refractivity contribution < 1.29 is 4.55 Å². The highest BCUT2D eigenvalue weighted by Gasteiger charge is 1.96. The minimum Gasteiger partial charge on any atom is -0.617 e. The predicted molar refractivity (Wildman–Crippen MR) is 66.5 cm³/mol. The van der Waals surface area contributed by atoms with E-state index >= 15 is 0 Å². The van der Waals surface area contributed by atoms with E-state index in [2.05, 4.69) is 22.4 Å². The van der Waals surface area contributed by atoms with E-state index in [1.54, 1.807) is 6.26 Å². The maximum atomic E-state index is 10.7. The molecular formula is C10H19NOS2. The summed E-state index contributed by atoms with van der Waals surface area (Å²) in [6.07, 6.45) is 8.90. The van der Waals surface area contributed by atoms with Crippen LogP contribution >= 0.6 is 12.2 Å². The van der Waals surface area contributed by atoms with Crippen molar-refractivity contribution in [2.45, 2.75) is 38.5 Å². The van der Waals surface area contributed by atoms with Gasteiger partial charge in [-0.1, -0.05) is 30.4 Å². The lowest BCUT2D eigenvalue weighted by Gasteiger charge is -2.03. The Morgan fingerprint density at radius 2 is 1.71 bits per heavy atom. The smallest absolute Gasteiger partial charge is 0.105 e. The Morgan fingerprint density at radius 1 is 1.14 bits per heavy atom. The van der Waals surface area contributed by atoms with Crippen LogP contribution in [0.3, 0.4) is 0 Å². The second-order valence-electron chi connectivity index (χ2n) is 3.37. The van der Waals surface area contributed by atoms with Crippen molar-refractivity contribution in [3.8, 4) is 0 Å². The largest absolute Gasteiger partial charge is 0.617 e. The third-order valence-corrected chi connectivity index (χ3v) is 3.01. The van der Waals surface area contributed by atoms with Gasteiger partial charge < -0.3 is 4.55 Å². The molecule has 0 aliphatic rings. The van der Waals surface area contributed by atoms with Crippen LogP contribution < -0.4 is 0 Å². The summed E-state index contributed by atoms with van der Waals surface area (Å²) in [5.41, 5.74) is 0. The summed E-state index contributed by atoms with van der Waals surface area (Å²) in [7, 11) is 0. The molecule has 0 spiro atoms. The maximum Gasteiger partial charge on any atom is 0.105 e. The average molecular weight is 233 g/mol. The molecule has 0 rings (SSSR count). The number of rotatable bonds is 9. The second-order valence-corrected chi connectivity index (χ2v) is 5.11.